The van der Waals surface area contributed by atoms with Gasteiger partial charge in [-0.25, -0.2) is 0 Å². The predicted octanol–water partition coefficient (Wildman–Crippen LogP) is 4.44. The Morgan fingerprint density at radius 3 is 2.32 bits per heavy atom. The summed E-state index contributed by atoms with van der Waals surface area (Å²) in [4.78, 5) is 13.3. The zero-order valence-electron chi connectivity index (χ0n) is 11.1. The van der Waals surface area contributed by atoms with Crippen LogP contribution < -0.4 is 5.32 Å². The molecule has 19 heavy (non-hydrogen) atoms. The average Bonchev–Trinajstić information content (AvgIpc) is 2.39. The molecule has 2 aromatic carbocycles. The summed E-state index contributed by atoms with van der Waals surface area (Å²) >= 11 is 1.70. The van der Waals surface area contributed by atoms with E-state index in [9.17, 15) is 4.79 Å². The van der Waals surface area contributed by atoms with Crippen molar-refractivity contribution in [2.24, 2.45) is 0 Å². The fourth-order valence-corrected chi connectivity index (χ4v) is 2.68. The molecule has 98 valence electrons. The minimum absolute atomic E-state index is 0.0602. The van der Waals surface area contributed by atoms with Crippen molar-refractivity contribution in [3.63, 3.8) is 0 Å². The number of amides is 1. The molecule has 0 heterocycles. The third-order valence-corrected chi connectivity index (χ3v) is 3.61. The van der Waals surface area contributed by atoms with Crippen molar-refractivity contribution < 1.29 is 4.79 Å². The zero-order valence-corrected chi connectivity index (χ0v) is 11.9. The molecular weight excluding hydrogens is 254 g/mol. The SMILES string of the molecule is CC(C)Sc1ccccc1C(=O)Nc1ccccc1. The quantitative estimate of drug-likeness (QED) is 0.833. The number of rotatable bonds is 4. The van der Waals surface area contributed by atoms with Gasteiger partial charge in [0.25, 0.3) is 5.91 Å². The van der Waals surface area contributed by atoms with E-state index in [2.05, 4.69) is 19.2 Å². The van der Waals surface area contributed by atoms with Crippen molar-refractivity contribution in [1.82, 2.24) is 0 Å². The van der Waals surface area contributed by atoms with E-state index in [1.807, 2.05) is 54.6 Å². The number of benzene rings is 2. The van der Waals surface area contributed by atoms with E-state index < -0.39 is 0 Å². The Kier molecular flexibility index (Phi) is 4.63. The summed E-state index contributed by atoms with van der Waals surface area (Å²) in [5.41, 5.74) is 1.54. The fourth-order valence-electron chi connectivity index (χ4n) is 1.73. The second kappa shape index (κ2) is 6.43. The standard InChI is InChI=1S/C16H17NOS/c1-12(2)19-15-11-7-6-10-14(15)16(18)17-13-8-4-3-5-9-13/h3-12H,1-2H3,(H,17,18). The van der Waals surface area contributed by atoms with Crippen LogP contribution in [0.15, 0.2) is 59.5 Å². The first-order valence-corrected chi connectivity index (χ1v) is 7.17. The van der Waals surface area contributed by atoms with Crippen molar-refractivity contribution in [3.8, 4) is 0 Å². The molecule has 0 radical (unpaired) electrons. The molecule has 0 unspecified atom stereocenters. The Balaban J connectivity index is 2.19. The normalized spacial score (nSPS) is 10.5. The van der Waals surface area contributed by atoms with Gasteiger partial charge in [-0.05, 0) is 24.3 Å². The number of anilines is 1. The van der Waals surface area contributed by atoms with Crippen LogP contribution in [-0.2, 0) is 0 Å². The molecule has 0 aromatic heterocycles. The Bertz CT molecular complexity index is 552. The van der Waals surface area contributed by atoms with Crippen molar-refractivity contribution in [3.05, 3.63) is 60.2 Å². The average molecular weight is 271 g/mol. The molecular formula is C16H17NOS. The maximum Gasteiger partial charge on any atom is 0.256 e. The largest absolute Gasteiger partial charge is 0.322 e. The third-order valence-electron chi connectivity index (χ3n) is 2.53. The second-order valence-corrected chi connectivity index (χ2v) is 6.10. The number of thioether (sulfide) groups is 1. The van der Waals surface area contributed by atoms with E-state index in [1.165, 1.54) is 0 Å². The first-order chi connectivity index (χ1) is 9.16. The Labute approximate surface area is 118 Å². The van der Waals surface area contributed by atoms with Gasteiger partial charge in [-0.1, -0.05) is 44.2 Å². The van der Waals surface area contributed by atoms with Crippen molar-refractivity contribution in [2.45, 2.75) is 24.0 Å². The summed E-state index contributed by atoms with van der Waals surface area (Å²) in [5, 5.41) is 3.37. The Morgan fingerprint density at radius 1 is 1.00 bits per heavy atom. The molecule has 2 rings (SSSR count). The number of carbonyl (C=O) groups is 1. The Hall–Kier alpha value is -1.74. The molecule has 0 aliphatic rings. The Morgan fingerprint density at radius 2 is 1.63 bits per heavy atom. The summed E-state index contributed by atoms with van der Waals surface area (Å²) in [5.74, 6) is -0.0602. The molecule has 0 bridgehead atoms. The lowest BCUT2D eigenvalue weighted by Crippen LogP contribution is -2.13. The monoisotopic (exact) mass is 271 g/mol. The lowest BCUT2D eigenvalue weighted by molar-refractivity contribution is 0.102. The lowest BCUT2D eigenvalue weighted by atomic mass is 10.2. The molecule has 0 saturated heterocycles. The highest BCUT2D eigenvalue weighted by molar-refractivity contribution is 8.00. The van der Waals surface area contributed by atoms with E-state index in [4.69, 9.17) is 0 Å². The highest BCUT2D eigenvalue weighted by Crippen LogP contribution is 2.27. The summed E-state index contributed by atoms with van der Waals surface area (Å²) in [6.07, 6.45) is 0. The van der Waals surface area contributed by atoms with Gasteiger partial charge in [0.2, 0.25) is 0 Å². The number of hydrogen-bond donors (Lipinski definition) is 1. The molecule has 0 saturated carbocycles. The first kappa shape index (κ1) is 13.7. The van der Waals surface area contributed by atoms with E-state index in [0.717, 1.165) is 16.1 Å². The summed E-state index contributed by atoms with van der Waals surface area (Å²) in [7, 11) is 0. The van der Waals surface area contributed by atoms with Gasteiger partial charge < -0.3 is 5.32 Å². The van der Waals surface area contributed by atoms with Crippen molar-refractivity contribution in [1.29, 1.82) is 0 Å². The van der Waals surface area contributed by atoms with Gasteiger partial charge in [-0.3, -0.25) is 4.79 Å². The minimum Gasteiger partial charge on any atom is -0.322 e. The topological polar surface area (TPSA) is 29.1 Å². The number of nitrogens with one attached hydrogen (secondary N) is 1. The van der Waals surface area contributed by atoms with Crippen LogP contribution in [0, 0.1) is 0 Å². The zero-order chi connectivity index (χ0) is 13.7. The summed E-state index contributed by atoms with van der Waals surface area (Å²) in [6.45, 7) is 4.24. The molecule has 0 spiro atoms. The molecule has 0 fully saturated rings. The van der Waals surface area contributed by atoms with Gasteiger partial charge in [0.05, 0.1) is 5.56 Å². The van der Waals surface area contributed by atoms with Crippen LogP contribution in [0.25, 0.3) is 0 Å². The molecule has 0 aliphatic heterocycles. The highest BCUT2D eigenvalue weighted by Gasteiger charge is 2.12. The van der Waals surface area contributed by atoms with Crippen LogP contribution in [0.5, 0.6) is 0 Å². The molecule has 0 aliphatic carbocycles. The first-order valence-electron chi connectivity index (χ1n) is 6.29. The number of carbonyl (C=O) groups excluding carboxylic acids is 1. The van der Waals surface area contributed by atoms with Gasteiger partial charge in [0, 0.05) is 15.8 Å². The lowest BCUT2D eigenvalue weighted by Gasteiger charge is -2.11. The molecule has 3 heteroatoms. The smallest absolute Gasteiger partial charge is 0.256 e. The molecule has 1 amide bonds. The van der Waals surface area contributed by atoms with Crippen LogP contribution in [0.4, 0.5) is 5.69 Å². The number of hydrogen-bond acceptors (Lipinski definition) is 2. The van der Waals surface area contributed by atoms with E-state index in [0.29, 0.717) is 5.25 Å². The summed E-state index contributed by atoms with van der Waals surface area (Å²) < 4.78 is 0. The van der Waals surface area contributed by atoms with Crippen LogP contribution in [-0.4, -0.2) is 11.2 Å². The van der Waals surface area contributed by atoms with E-state index >= 15 is 0 Å². The van der Waals surface area contributed by atoms with E-state index in [1.54, 1.807) is 11.8 Å². The minimum atomic E-state index is -0.0602. The van der Waals surface area contributed by atoms with Crippen LogP contribution in [0.1, 0.15) is 24.2 Å². The fraction of sp³-hybridized carbons (Fsp3) is 0.188. The van der Waals surface area contributed by atoms with Crippen LogP contribution in [0.2, 0.25) is 0 Å². The molecule has 0 atom stereocenters. The predicted molar refractivity (Wildman–Crippen MR) is 81.8 cm³/mol. The maximum atomic E-state index is 12.3. The number of para-hydroxylation sites is 1. The molecule has 2 nitrogen and oxygen atoms in total. The van der Waals surface area contributed by atoms with Gasteiger partial charge in [-0.15, -0.1) is 11.8 Å². The van der Waals surface area contributed by atoms with Crippen molar-refractivity contribution >= 4 is 23.4 Å². The molecule has 2 aromatic rings. The summed E-state index contributed by atoms with van der Waals surface area (Å²) in [6, 6.07) is 17.2. The third kappa shape index (κ3) is 3.86. The van der Waals surface area contributed by atoms with Gasteiger partial charge in [0.15, 0.2) is 0 Å². The van der Waals surface area contributed by atoms with E-state index in [-0.39, 0.29) is 5.91 Å². The van der Waals surface area contributed by atoms with Gasteiger partial charge in [0.1, 0.15) is 0 Å². The van der Waals surface area contributed by atoms with Crippen molar-refractivity contribution in [2.75, 3.05) is 5.32 Å². The second-order valence-electron chi connectivity index (χ2n) is 4.48. The van der Waals surface area contributed by atoms with Gasteiger partial charge in [-0.2, -0.15) is 0 Å². The highest BCUT2D eigenvalue weighted by atomic mass is 32.2. The van der Waals surface area contributed by atoms with Gasteiger partial charge >= 0.3 is 0 Å². The van der Waals surface area contributed by atoms with Crippen LogP contribution >= 0.6 is 11.8 Å². The maximum absolute atomic E-state index is 12.3. The van der Waals surface area contributed by atoms with Crippen LogP contribution in [0.3, 0.4) is 0 Å². The molecule has 1 N–H and O–H groups in total.